The second-order valence-corrected chi connectivity index (χ2v) is 4.45. The van der Waals surface area contributed by atoms with Crippen LogP contribution in [0.15, 0.2) is 30.3 Å². The molecule has 18 heavy (non-hydrogen) atoms. The van der Waals surface area contributed by atoms with E-state index in [4.69, 9.17) is 5.73 Å². The van der Waals surface area contributed by atoms with Crippen LogP contribution in [-0.4, -0.2) is 23.8 Å². The van der Waals surface area contributed by atoms with E-state index in [2.05, 4.69) is 9.72 Å². The van der Waals surface area contributed by atoms with Crippen LogP contribution in [0, 0.1) is 0 Å². The normalized spacial score (nSPS) is 10.1. The van der Waals surface area contributed by atoms with Crippen molar-refractivity contribution < 1.29 is 14.3 Å². The molecule has 2 aromatic rings. The van der Waals surface area contributed by atoms with Gasteiger partial charge in [0.05, 0.1) is 7.11 Å². The number of anilines is 1. The second kappa shape index (κ2) is 4.97. The molecule has 0 unspecified atom stereocenters. The summed E-state index contributed by atoms with van der Waals surface area (Å²) in [5, 5.41) is 0.162. The smallest absolute Gasteiger partial charge is 0.358 e. The van der Waals surface area contributed by atoms with Crippen LogP contribution in [0.2, 0.25) is 0 Å². The third-order valence-electron chi connectivity index (χ3n) is 2.26. The molecule has 6 heteroatoms. The quantitative estimate of drug-likeness (QED) is 0.673. The number of nitrogen functional groups attached to an aromatic ring is 1. The zero-order valence-electron chi connectivity index (χ0n) is 9.54. The first kappa shape index (κ1) is 12.3. The summed E-state index contributed by atoms with van der Waals surface area (Å²) >= 11 is 0.977. The SMILES string of the molecule is COC(=O)c1nc(N)sc1C(=O)c1ccccc1. The topological polar surface area (TPSA) is 82.3 Å². The van der Waals surface area contributed by atoms with Crippen LogP contribution in [0.5, 0.6) is 0 Å². The van der Waals surface area contributed by atoms with Crippen LogP contribution in [-0.2, 0) is 4.74 Å². The molecule has 0 radical (unpaired) electrons. The Morgan fingerprint density at radius 3 is 2.56 bits per heavy atom. The van der Waals surface area contributed by atoms with E-state index in [-0.39, 0.29) is 21.5 Å². The van der Waals surface area contributed by atoms with Gasteiger partial charge in [-0.25, -0.2) is 9.78 Å². The van der Waals surface area contributed by atoms with Crippen LogP contribution in [0.3, 0.4) is 0 Å². The number of nitrogens with two attached hydrogens (primary N) is 1. The summed E-state index contributed by atoms with van der Waals surface area (Å²) in [5.74, 6) is -0.951. The van der Waals surface area contributed by atoms with Crippen molar-refractivity contribution in [1.29, 1.82) is 0 Å². The van der Waals surface area contributed by atoms with Gasteiger partial charge in [-0.3, -0.25) is 4.79 Å². The molecule has 0 aliphatic heterocycles. The number of ether oxygens (including phenoxy) is 1. The lowest BCUT2D eigenvalue weighted by atomic mass is 10.1. The molecule has 0 fully saturated rings. The average Bonchev–Trinajstić information content (AvgIpc) is 2.80. The van der Waals surface area contributed by atoms with Crippen LogP contribution < -0.4 is 5.73 Å². The van der Waals surface area contributed by atoms with Crippen LogP contribution in [0.4, 0.5) is 5.13 Å². The van der Waals surface area contributed by atoms with Gasteiger partial charge in [0.2, 0.25) is 5.78 Å². The molecule has 2 rings (SSSR count). The molecule has 0 bridgehead atoms. The van der Waals surface area contributed by atoms with Crippen molar-refractivity contribution in [1.82, 2.24) is 4.98 Å². The molecule has 0 saturated carbocycles. The Morgan fingerprint density at radius 2 is 1.94 bits per heavy atom. The van der Waals surface area contributed by atoms with E-state index in [0.29, 0.717) is 5.56 Å². The molecule has 0 aliphatic rings. The fourth-order valence-corrected chi connectivity index (χ4v) is 2.23. The van der Waals surface area contributed by atoms with Gasteiger partial charge in [0.1, 0.15) is 4.88 Å². The van der Waals surface area contributed by atoms with Crippen molar-refractivity contribution in [2.24, 2.45) is 0 Å². The monoisotopic (exact) mass is 262 g/mol. The highest BCUT2D eigenvalue weighted by Crippen LogP contribution is 2.24. The molecule has 0 amide bonds. The molecule has 92 valence electrons. The number of carbonyl (C=O) groups is 2. The van der Waals surface area contributed by atoms with Crippen molar-refractivity contribution in [2.45, 2.75) is 0 Å². The predicted molar refractivity (Wildman–Crippen MR) is 67.7 cm³/mol. The van der Waals surface area contributed by atoms with E-state index in [9.17, 15) is 9.59 Å². The molecular formula is C12H10N2O3S. The van der Waals surface area contributed by atoms with Crippen molar-refractivity contribution in [3.05, 3.63) is 46.5 Å². The third-order valence-corrected chi connectivity index (χ3v) is 3.15. The molecule has 0 spiro atoms. The molecule has 1 aromatic heterocycles. The minimum atomic E-state index is -0.665. The second-order valence-electron chi connectivity index (χ2n) is 3.42. The maximum absolute atomic E-state index is 12.2. The van der Waals surface area contributed by atoms with Crippen LogP contribution in [0.1, 0.15) is 25.7 Å². The summed E-state index contributed by atoms with van der Waals surface area (Å²) < 4.78 is 4.57. The molecule has 2 N–H and O–H groups in total. The lowest BCUT2D eigenvalue weighted by Gasteiger charge is -2.00. The number of rotatable bonds is 3. The van der Waals surface area contributed by atoms with Gasteiger partial charge in [0.15, 0.2) is 10.8 Å². The molecule has 0 saturated heterocycles. The largest absolute Gasteiger partial charge is 0.464 e. The van der Waals surface area contributed by atoms with Gasteiger partial charge in [-0.05, 0) is 0 Å². The van der Waals surface area contributed by atoms with Crippen molar-refractivity contribution in [3.8, 4) is 0 Å². The number of methoxy groups -OCH3 is 1. The number of ketones is 1. The van der Waals surface area contributed by atoms with Gasteiger partial charge >= 0.3 is 5.97 Å². The molecule has 0 aliphatic carbocycles. The molecular weight excluding hydrogens is 252 g/mol. The molecule has 1 aromatic carbocycles. The van der Waals surface area contributed by atoms with E-state index in [1.807, 2.05) is 0 Å². The van der Waals surface area contributed by atoms with Crippen LogP contribution in [0.25, 0.3) is 0 Å². The Hall–Kier alpha value is -2.21. The number of thiazole rings is 1. The Balaban J connectivity index is 2.45. The Kier molecular flexibility index (Phi) is 3.38. The fourth-order valence-electron chi connectivity index (χ4n) is 1.45. The van der Waals surface area contributed by atoms with E-state index in [1.54, 1.807) is 30.3 Å². The molecule has 1 heterocycles. The van der Waals surface area contributed by atoms with Gasteiger partial charge in [-0.1, -0.05) is 41.7 Å². The van der Waals surface area contributed by atoms with Gasteiger partial charge in [0, 0.05) is 5.56 Å². The third kappa shape index (κ3) is 2.23. The Labute approximate surface area is 107 Å². The zero-order valence-corrected chi connectivity index (χ0v) is 10.4. The fraction of sp³-hybridized carbons (Fsp3) is 0.0833. The van der Waals surface area contributed by atoms with E-state index in [1.165, 1.54) is 7.11 Å². The summed E-state index contributed by atoms with van der Waals surface area (Å²) in [7, 11) is 1.23. The molecule has 5 nitrogen and oxygen atoms in total. The number of nitrogens with zero attached hydrogens (tertiary/aromatic N) is 1. The van der Waals surface area contributed by atoms with Gasteiger partial charge in [-0.2, -0.15) is 0 Å². The zero-order chi connectivity index (χ0) is 13.1. The Bertz CT molecular complexity index is 593. The average molecular weight is 262 g/mol. The first-order chi connectivity index (χ1) is 8.63. The first-order valence-electron chi connectivity index (χ1n) is 5.08. The minimum Gasteiger partial charge on any atom is -0.464 e. The van der Waals surface area contributed by atoms with Gasteiger partial charge in [0.25, 0.3) is 0 Å². The predicted octanol–water partition coefficient (Wildman–Crippen LogP) is 1.74. The van der Waals surface area contributed by atoms with Gasteiger partial charge < -0.3 is 10.5 Å². The summed E-state index contributed by atoms with van der Waals surface area (Å²) in [6, 6.07) is 8.63. The van der Waals surface area contributed by atoms with Crippen molar-refractivity contribution in [2.75, 3.05) is 12.8 Å². The van der Waals surface area contributed by atoms with E-state index >= 15 is 0 Å². The lowest BCUT2D eigenvalue weighted by Crippen LogP contribution is -2.09. The highest BCUT2D eigenvalue weighted by Gasteiger charge is 2.24. The number of benzene rings is 1. The number of hydrogen-bond acceptors (Lipinski definition) is 6. The summed E-state index contributed by atoms with van der Waals surface area (Å²) in [6.45, 7) is 0. The number of esters is 1. The highest BCUT2D eigenvalue weighted by molar-refractivity contribution is 7.17. The number of hydrogen-bond donors (Lipinski definition) is 1. The molecule has 0 atom stereocenters. The number of aromatic nitrogens is 1. The van der Waals surface area contributed by atoms with E-state index < -0.39 is 5.97 Å². The summed E-state index contributed by atoms with van der Waals surface area (Å²) in [4.78, 5) is 27.7. The maximum atomic E-state index is 12.2. The first-order valence-corrected chi connectivity index (χ1v) is 5.89. The van der Waals surface area contributed by atoms with Crippen molar-refractivity contribution >= 4 is 28.2 Å². The highest BCUT2D eigenvalue weighted by atomic mass is 32.1. The van der Waals surface area contributed by atoms with Crippen molar-refractivity contribution in [3.63, 3.8) is 0 Å². The summed E-state index contributed by atoms with van der Waals surface area (Å²) in [5.41, 5.74) is 5.98. The Morgan fingerprint density at radius 1 is 1.28 bits per heavy atom. The standard InChI is InChI=1S/C12H10N2O3S/c1-17-11(16)8-10(18-12(13)14-8)9(15)7-5-3-2-4-6-7/h2-6H,1H3,(H2,13,14). The maximum Gasteiger partial charge on any atom is 0.358 e. The van der Waals surface area contributed by atoms with E-state index in [0.717, 1.165) is 11.3 Å². The summed E-state index contributed by atoms with van der Waals surface area (Å²) in [6.07, 6.45) is 0. The van der Waals surface area contributed by atoms with Gasteiger partial charge in [-0.15, -0.1) is 0 Å². The number of carbonyl (C=O) groups excluding carboxylic acids is 2. The minimum absolute atomic E-state index is 0.0335. The lowest BCUT2D eigenvalue weighted by molar-refractivity contribution is 0.0592. The van der Waals surface area contributed by atoms with Crippen LogP contribution >= 0.6 is 11.3 Å².